The minimum atomic E-state index is -2.81. The molecule has 6 rings (SSSR count). The summed E-state index contributed by atoms with van der Waals surface area (Å²) in [4.78, 5) is 0. The Bertz CT molecular complexity index is 1740. The normalized spacial score (nSPS) is 14.8. The molecule has 0 radical (unpaired) electrons. The largest absolute Gasteiger partial charge is 1.00 e. The van der Waals surface area contributed by atoms with Crippen molar-refractivity contribution in [3.8, 4) is 11.1 Å². The molecule has 0 aliphatic heterocycles. The molecule has 0 bridgehead atoms. The summed E-state index contributed by atoms with van der Waals surface area (Å²) in [5.74, 6) is 0.500. The van der Waals surface area contributed by atoms with Gasteiger partial charge < -0.3 is 24.8 Å². The Morgan fingerprint density at radius 2 is 1.30 bits per heavy atom. The van der Waals surface area contributed by atoms with Gasteiger partial charge in [0, 0.05) is 0 Å². The standard InChI is InChI=1S/C17H17.C13H10.C11H17.2ClH.Zr/c1-10-5-14-9-15-6-11(2)13(4)8-17(15)16(14)7-12(10)3;1-3-7-12(8-4-1)11-13-9-5-2-6-10-13;1-5-9-6-7-10(8-9)11(2,3)4;;;/h5,7-8H,9H2,1-4H3;1-10H;7-9H,5H2,1-4H3;2*1H;/q;;;;;+2/p-2. The fraction of sp³-hybridized carbons (Fsp3) is 0.293. The SMILES string of the molecule is CCC1C=C(C(C)(C)C)C=[C]1[Zr+2](=[C](c1ccccc1)c1ccccc1)[c]1c(C)c(C)cc2c1Cc1cc(C)c(C)cc1-2.[Cl-].[Cl-]. The molecular formula is C41H44Cl2Zr. The monoisotopic (exact) mass is 696 g/mol. The average Bonchev–Trinajstić information content (AvgIpc) is 3.56. The molecule has 0 saturated heterocycles. The molecule has 2 aliphatic rings. The second-order valence-electron chi connectivity index (χ2n) is 13.5. The van der Waals surface area contributed by atoms with Gasteiger partial charge in [-0.25, -0.2) is 0 Å². The second-order valence-corrected chi connectivity index (χ2v) is 19.2. The van der Waals surface area contributed by atoms with Crippen molar-refractivity contribution in [3.63, 3.8) is 0 Å². The summed E-state index contributed by atoms with van der Waals surface area (Å²) >= 11 is -2.81. The van der Waals surface area contributed by atoms with E-state index in [1.165, 1.54) is 55.6 Å². The maximum Gasteiger partial charge on any atom is -1.00 e. The molecule has 2 aliphatic carbocycles. The topological polar surface area (TPSA) is 0 Å². The molecule has 4 aromatic carbocycles. The number of fused-ring (bicyclic) bond motifs is 3. The van der Waals surface area contributed by atoms with E-state index < -0.39 is 21.3 Å². The van der Waals surface area contributed by atoms with E-state index in [2.05, 4.69) is 146 Å². The van der Waals surface area contributed by atoms with Crippen molar-refractivity contribution in [2.24, 2.45) is 11.3 Å². The van der Waals surface area contributed by atoms with Crippen LogP contribution in [0, 0.1) is 39.0 Å². The van der Waals surface area contributed by atoms with Crippen LogP contribution in [0.4, 0.5) is 0 Å². The molecule has 0 spiro atoms. The predicted octanol–water partition coefficient (Wildman–Crippen LogP) is 3.91. The molecule has 44 heavy (non-hydrogen) atoms. The second kappa shape index (κ2) is 13.6. The summed E-state index contributed by atoms with van der Waals surface area (Å²) in [6.07, 6.45) is 7.49. The first-order valence-electron chi connectivity index (χ1n) is 15.6. The van der Waals surface area contributed by atoms with Crippen molar-refractivity contribution in [2.75, 3.05) is 0 Å². The van der Waals surface area contributed by atoms with Crippen LogP contribution in [0.2, 0.25) is 0 Å². The molecule has 0 aromatic heterocycles. The van der Waals surface area contributed by atoms with Crippen molar-refractivity contribution < 1.29 is 46.1 Å². The summed E-state index contributed by atoms with van der Waals surface area (Å²) in [6.45, 7) is 18.8. The first-order valence-corrected chi connectivity index (χ1v) is 19.3. The summed E-state index contributed by atoms with van der Waals surface area (Å²) in [6, 6.07) is 30.1. The molecule has 1 atom stereocenters. The van der Waals surface area contributed by atoms with E-state index in [0.29, 0.717) is 5.92 Å². The Labute approximate surface area is 285 Å². The zero-order valence-electron chi connectivity index (χ0n) is 27.4. The molecule has 0 saturated carbocycles. The maximum absolute atomic E-state index is 2.81. The van der Waals surface area contributed by atoms with E-state index in [9.17, 15) is 0 Å². The van der Waals surface area contributed by atoms with E-state index in [1.807, 2.05) is 0 Å². The van der Waals surface area contributed by atoms with Gasteiger partial charge in [-0.05, 0) is 0 Å². The molecule has 0 nitrogen and oxygen atoms in total. The third-order valence-corrected chi connectivity index (χ3v) is 17.9. The minimum Gasteiger partial charge on any atom is -1.00 e. The van der Waals surface area contributed by atoms with Gasteiger partial charge in [-0.15, -0.1) is 0 Å². The van der Waals surface area contributed by atoms with Crippen molar-refractivity contribution in [2.45, 2.75) is 68.2 Å². The smallest absolute Gasteiger partial charge is 1.00 e. The molecule has 0 heterocycles. The number of hydrogen-bond acceptors (Lipinski definition) is 0. The Hall–Kier alpha value is -2.31. The fourth-order valence-corrected chi connectivity index (χ4v) is 16.3. The Balaban J connectivity index is 0.00000221. The van der Waals surface area contributed by atoms with Gasteiger partial charge in [0.2, 0.25) is 0 Å². The molecule has 0 amide bonds. The zero-order valence-corrected chi connectivity index (χ0v) is 31.4. The first-order chi connectivity index (χ1) is 20.1. The van der Waals surface area contributed by atoms with Gasteiger partial charge in [-0.2, -0.15) is 0 Å². The van der Waals surface area contributed by atoms with Crippen LogP contribution in [0.15, 0.2) is 99.9 Å². The maximum atomic E-state index is 2.67. The van der Waals surface area contributed by atoms with Gasteiger partial charge in [-0.3, -0.25) is 0 Å². The van der Waals surface area contributed by atoms with E-state index >= 15 is 0 Å². The third-order valence-electron chi connectivity index (χ3n) is 9.64. The number of hydrogen-bond donors (Lipinski definition) is 0. The zero-order chi connectivity index (χ0) is 29.8. The average molecular weight is 699 g/mol. The van der Waals surface area contributed by atoms with Crippen LogP contribution in [-0.2, 0) is 27.7 Å². The van der Waals surface area contributed by atoms with Crippen molar-refractivity contribution >= 4 is 6.48 Å². The van der Waals surface area contributed by atoms with Crippen molar-refractivity contribution in [3.05, 3.63) is 144 Å². The summed E-state index contributed by atoms with van der Waals surface area (Å²) in [7, 11) is 0. The van der Waals surface area contributed by atoms with Crippen LogP contribution >= 0.6 is 0 Å². The quantitative estimate of drug-likeness (QED) is 0.262. The number of benzene rings is 4. The molecule has 3 heteroatoms. The third kappa shape index (κ3) is 6.23. The van der Waals surface area contributed by atoms with Crippen LogP contribution in [0.3, 0.4) is 0 Å². The molecular weight excluding hydrogens is 655 g/mol. The van der Waals surface area contributed by atoms with E-state index in [1.54, 1.807) is 15.3 Å². The van der Waals surface area contributed by atoms with Crippen LogP contribution in [0.1, 0.15) is 78.6 Å². The first kappa shape index (κ1) is 34.6. The molecule has 4 aromatic rings. The van der Waals surface area contributed by atoms with Crippen molar-refractivity contribution in [1.82, 2.24) is 0 Å². The minimum absolute atomic E-state index is 0. The fourth-order valence-electron chi connectivity index (χ4n) is 6.97. The number of aryl methyl sites for hydroxylation is 3. The Morgan fingerprint density at radius 3 is 1.84 bits per heavy atom. The predicted molar refractivity (Wildman–Crippen MR) is 179 cm³/mol. The van der Waals surface area contributed by atoms with Crippen molar-refractivity contribution in [1.29, 1.82) is 0 Å². The van der Waals surface area contributed by atoms with E-state index in [-0.39, 0.29) is 30.2 Å². The number of allylic oxidation sites excluding steroid dienone is 4. The number of halogens is 2. The number of rotatable bonds is 5. The van der Waals surface area contributed by atoms with Crippen LogP contribution in [-0.4, -0.2) is 3.21 Å². The van der Waals surface area contributed by atoms with E-state index in [4.69, 9.17) is 0 Å². The molecule has 0 fully saturated rings. The van der Waals surface area contributed by atoms with Crippen LogP contribution in [0.25, 0.3) is 11.1 Å². The summed E-state index contributed by atoms with van der Waals surface area (Å²) < 4.78 is 5.08. The van der Waals surface area contributed by atoms with Gasteiger partial charge in [0.15, 0.2) is 0 Å². The van der Waals surface area contributed by atoms with E-state index in [0.717, 1.165) is 12.8 Å². The summed E-state index contributed by atoms with van der Waals surface area (Å²) in [5.41, 5.74) is 16.3. The molecule has 0 N–H and O–H groups in total. The molecule has 1 unspecified atom stereocenters. The Morgan fingerprint density at radius 1 is 0.750 bits per heavy atom. The van der Waals surface area contributed by atoms with Gasteiger partial charge in [0.25, 0.3) is 0 Å². The molecule has 226 valence electrons. The Kier molecular flexibility index (Phi) is 10.7. The van der Waals surface area contributed by atoms with Gasteiger partial charge >= 0.3 is 263 Å². The van der Waals surface area contributed by atoms with Gasteiger partial charge in [0.1, 0.15) is 0 Å². The van der Waals surface area contributed by atoms with Gasteiger partial charge in [0.05, 0.1) is 0 Å². The van der Waals surface area contributed by atoms with Crippen LogP contribution < -0.4 is 28.1 Å². The van der Waals surface area contributed by atoms with Crippen LogP contribution in [0.5, 0.6) is 0 Å². The summed E-state index contributed by atoms with van der Waals surface area (Å²) in [5, 5.41) is 0. The van der Waals surface area contributed by atoms with Gasteiger partial charge in [-0.1, -0.05) is 0 Å².